The highest BCUT2D eigenvalue weighted by Gasteiger charge is 2.27. The number of phenolic OH excluding ortho intramolecular Hbond substituents is 1. The molecule has 1 aliphatic carbocycles. The van der Waals surface area contributed by atoms with Crippen molar-refractivity contribution in [1.82, 2.24) is 0 Å². The summed E-state index contributed by atoms with van der Waals surface area (Å²) in [7, 11) is 0. The van der Waals surface area contributed by atoms with Crippen LogP contribution in [-0.2, 0) is 0 Å². The summed E-state index contributed by atoms with van der Waals surface area (Å²) in [4.78, 5) is 0. The molecule has 2 aromatic rings. The number of hydrogen-bond acceptors (Lipinski definition) is 2. The third-order valence-corrected chi connectivity index (χ3v) is 3.15. The van der Waals surface area contributed by atoms with E-state index >= 15 is 0 Å². The first-order valence-electron chi connectivity index (χ1n) is 5.55. The van der Waals surface area contributed by atoms with Gasteiger partial charge in [0, 0.05) is 5.56 Å². The zero-order valence-corrected chi connectivity index (χ0v) is 9.17. The fourth-order valence-corrected chi connectivity index (χ4v) is 2.37. The van der Waals surface area contributed by atoms with Crippen molar-refractivity contribution in [3.8, 4) is 5.75 Å². The van der Waals surface area contributed by atoms with Gasteiger partial charge in [-0.2, -0.15) is 0 Å². The molecule has 2 heteroatoms. The predicted octanol–water partition coefficient (Wildman–Crippen LogP) is 3.44. The normalized spacial score (nSPS) is 17.6. The van der Waals surface area contributed by atoms with Crippen molar-refractivity contribution in [3.63, 3.8) is 0 Å². The number of aliphatic hydroxyl groups excluding tert-OH is 1. The Morgan fingerprint density at radius 3 is 2.18 bits per heavy atom. The Morgan fingerprint density at radius 2 is 1.41 bits per heavy atom. The summed E-state index contributed by atoms with van der Waals surface area (Å²) in [6.45, 7) is 0. The third kappa shape index (κ3) is 1.49. The van der Waals surface area contributed by atoms with Crippen LogP contribution < -0.4 is 0 Å². The van der Waals surface area contributed by atoms with Gasteiger partial charge in [-0.05, 0) is 23.3 Å². The van der Waals surface area contributed by atoms with Gasteiger partial charge in [0.25, 0.3) is 0 Å². The van der Waals surface area contributed by atoms with Gasteiger partial charge in [-0.25, -0.2) is 0 Å². The van der Waals surface area contributed by atoms with Crippen molar-refractivity contribution in [2.24, 2.45) is 0 Å². The van der Waals surface area contributed by atoms with Gasteiger partial charge in [0.2, 0.25) is 0 Å². The van der Waals surface area contributed by atoms with Crippen LogP contribution in [0.25, 0.3) is 6.08 Å². The number of aromatic hydroxyl groups is 1. The molecule has 0 aliphatic heterocycles. The summed E-state index contributed by atoms with van der Waals surface area (Å²) in [5.41, 5.74) is 2.79. The lowest BCUT2D eigenvalue weighted by Crippen LogP contribution is -2.01. The van der Waals surface area contributed by atoms with Gasteiger partial charge in [-0.1, -0.05) is 42.5 Å². The Balaban J connectivity index is 2.18. The van der Waals surface area contributed by atoms with Crippen molar-refractivity contribution in [2.45, 2.75) is 5.92 Å². The Kier molecular flexibility index (Phi) is 2.15. The maximum atomic E-state index is 10.0. The van der Waals surface area contributed by atoms with E-state index in [0.29, 0.717) is 0 Å². The van der Waals surface area contributed by atoms with E-state index in [-0.39, 0.29) is 17.4 Å². The van der Waals surface area contributed by atoms with Crippen LogP contribution in [0.15, 0.2) is 54.3 Å². The van der Waals surface area contributed by atoms with Gasteiger partial charge >= 0.3 is 0 Å². The van der Waals surface area contributed by atoms with E-state index in [4.69, 9.17) is 0 Å². The number of fused-ring (bicyclic) bond motifs is 1. The Morgan fingerprint density at radius 1 is 0.765 bits per heavy atom. The number of phenols is 1. The van der Waals surface area contributed by atoms with Crippen LogP contribution in [0, 0.1) is 0 Å². The molecule has 1 atom stereocenters. The fraction of sp³-hybridized carbons (Fsp3) is 0.0667. The van der Waals surface area contributed by atoms with Crippen molar-refractivity contribution >= 4 is 6.08 Å². The zero-order chi connectivity index (χ0) is 11.8. The molecule has 0 spiro atoms. The average Bonchev–Trinajstić information content (AvgIpc) is 2.66. The Hall–Kier alpha value is -2.22. The molecule has 0 bridgehead atoms. The highest BCUT2D eigenvalue weighted by atomic mass is 16.3. The monoisotopic (exact) mass is 224 g/mol. The highest BCUT2D eigenvalue weighted by Crippen LogP contribution is 2.42. The van der Waals surface area contributed by atoms with Gasteiger partial charge in [0.15, 0.2) is 0 Å². The van der Waals surface area contributed by atoms with E-state index < -0.39 is 0 Å². The van der Waals surface area contributed by atoms with Crippen LogP contribution in [0.2, 0.25) is 0 Å². The third-order valence-electron chi connectivity index (χ3n) is 3.15. The minimum Gasteiger partial charge on any atom is -0.511 e. The minimum absolute atomic E-state index is 0.217. The second-order valence-corrected chi connectivity index (χ2v) is 4.19. The number of para-hydroxylation sites is 1. The number of rotatable bonds is 1. The number of benzene rings is 2. The first-order valence-corrected chi connectivity index (χ1v) is 5.55. The van der Waals surface area contributed by atoms with Crippen LogP contribution in [0.1, 0.15) is 22.6 Å². The zero-order valence-electron chi connectivity index (χ0n) is 9.17. The van der Waals surface area contributed by atoms with Gasteiger partial charge in [-0.15, -0.1) is 0 Å². The summed E-state index contributed by atoms with van der Waals surface area (Å²) in [6.07, 6.45) is 1.76. The smallest absolute Gasteiger partial charge is 0.119 e. The molecule has 84 valence electrons. The van der Waals surface area contributed by atoms with Crippen LogP contribution >= 0.6 is 0 Å². The SMILES string of the molecule is OC1=Cc2ccccc2C1c1ccccc1O. The van der Waals surface area contributed by atoms with Crippen LogP contribution in [0.3, 0.4) is 0 Å². The maximum absolute atomic E-state index is 10.0. The van der Waals surface area contributed by atoms with Crippen molar-refractivity contribution < 1.29 is 10.2 Å². The minimum atomic E-state index is -0.243. The standard InChI is InChI=1S/C15H12O2/c16-13-8-4-3-7-12(13)15-11-6-2-1-5-10(11)9-14(15)17/h1-9,15-17H. The summed E-state index contributed by atoms with van der Waals surface area (Å²) < 4.78 is 0. The number of hydrogen-bond donors (Lipinski definition) is 2. The lowest BCUT2D eigenvalue weighted by Gasteiger charge is -2.14. The molecular formula is C15H12O2. The van der Waals surface area contributed by atoms with Crippen LogP contribution in [-0.4, -0.2) is 10.2 Å². The summed E-state index contributed by atoms with van der Waals surface area (Å²) in [6, 6.07) is 14.9. The van der Waals surface area contributed by atoms with Gasteiger partial charge in [0.05, 0.1) is 5.92 Å². The fourth-order valence-electron chi connectivity index (χ4n) is 2.37. The summed E-state index contributed by atoms with van der Waals surface area (Å²) in [5.74, 6) is 0.259. The van der Waals surface area contributed by atoms with E-state index in [1.165, 1.54) is 0 Å². The molecule has 0 radical (unpaired) electrons. The van der Waals surface area contributed by atoms with Gasteiger partial charge < -0.3 is 10.2 Å². The molecule has 17 heavy (non-hydrogen) atoms. The molecule has 0 heterocycles. The van der Waals surface area contributed by atoms with Gasteiger partial charge in [0.1, 0.15) is 11.5 Å². The first kappa shape index (κ1) is 9.97. The van der Waals surface area contributed by atoms with E-state index in [2.05, 4.69) is 0 Å². The number of allylic oxidation sites excluding steroid dienone is 1. The van der Waals surface area contributed by atoms with E-state index in [0.717, 1.165) is 16.7 Å². The molecule has 2 N–H and O–H groups in total. The first-order chi connectivity index (χ1) is 8.27. The quantitative estimate of drug-likeness (QED) is 0.779. The topological polar surface area (TPSA) is 40.5 Å². The molecule has 0 saturated heterocycles. The molecule has 0 amide bonds. The lowest BCUT2D eigenvalue weighted by molar-refractivity contribution is 0.385. The molecule has 0 aromatic heterocycles. The van der Waals surface area contributed by atoms with Crippen molar-refractivity contribution in [2.75, 3.05) is 0 Å². The molecule has 1 unspecified atom stereocenters. The summed E-state index contributed by atoms with van der Waals surface area (Å²) in [5, 5.41) is 19.9. The maximum Gasteiger partial charge on any atom is 0.119 e. The largest absolute Gasteiger partial charge is 0.511 e. The molecule has 0 saturated carbocycles. The Labute approximate surface area is 99.5 Å². The molecule has 2 aromatic carbocycles. The molecule has 1 aliphatic rings. The highest BCUT2D eigenvalue weighted by molar-refractivity contribution is 5.68. The van der Waals surface area contributed by atoms with E-state index in [1.807, 2.05) is 36.4 Å². The second-order valence-electron chi connectivity index (χ2n) is 4.19. The molecule has 0 fully saturated rings. The van der Waals surface area contributed by atoms with Gasteiger partial charge in [-0.3, -0.25) is 0 Å². The van der Waals surface area contributed by atoms with Crippen LogP contribution in [0.4, 0.5) is 0 Å². The summed E-state index contributed by atoms with van der Waals surface area (Å²) >= 11 is 0. The molecular weight excluding hydrogens is 212 g/mol. The van der Waals surface area contributed by atoms with Crippen molar-refractivity contribution in [1.29, 1.82) is 0 Å². The Bertz CT molecular complexity index is 599. The second kappa shape index (κ2) is 3.67. The van der Waals surface area contributed by atoms with E-state index in [1.54, 1.807) is 18.2 Å². The lowest BCUT2D eigenvalue weighted by atomic mass is 9.91. The predicted molar refractivity (Wildman–Crippen MR) is 67.0 cm³/mol. The average molecular weight is 224 g/mol. The number of aliphatic hydroxyl groups is 1. The van der Waals surface area contributed by atoms with Crippen LogP contribution in [0.5, 0.6) is 5.75 Å². The van der Waals surface area contributed by atoms with Crippen molar-refractivity contribution in [3.05, 3.63) is 71.0 Å². The van der Waals surface area contributed by atoms with E-state index in [9.17, 15) is 10.2 Å². The molecule has 3 rings (SSSR count). The molecule has 2 nitrogen and oxygen atoms in total.